The maximum absolute atomic E-state index is 13.2. The number of hydrogen-bond donors (Lipinski definition) is 0. The van der Waals surface area contributed by atoms with Crippen LogP contribution in [0, 0.1) is 13.8 Å². The summed E-state index contributed by atoms with van der Waals surface area (Å²) >= 11 is 0. The molecule has 1 aliphatic carbocycles. The maximum Gasteiger partial charge on any atom is 0.254 e. The van der Waals surface area contributed by atoms with Crippen molar-refractivity contribution in [2.75, 3.05) is 6.54 Å². The van der Waals surface area contributed by atoms with Gasteiger partial charge < -0.3 is 4.90 Å². The van der Waals surface area contributed by atoms with Crippen LogP contribution in [0.15, 0.2) is 18.2 Å². The zero-order chi connectivity index (χ0) is 17.6. The largest absolute Gasteiger partial charge is 0.331 e. The fourth-order valence-electron chi connectivity index (χ4n) is 4.61. The molecule has 1 unspecified atom stereocenters. The quantitative estimate of drug-likeness (QED) is 0.834. The van der Waals surface area contributed by atoms with E-state index in [4.69, 9.17) is 0 Å². The smallest absolute Gasteiger partial charge is 0.254 e. The van der Waals surface area contributed by atoms with Crippen molar-refractivity contribution in [3.8, 4) is 0 Å². The van der Waals surface area contributed by atoms with Gasteiger partial charge in [-0.3, -0.25) is 9.48 Å². The Morgan fingerprint density at radius 2 is 1.88 bits per heavy atom. The van der Waals surface area contributed by atoms with Crippen LogP contribution in [0.2, 0.25) is 0 Å². The lowest BCUT2D eigenvalue weighted by Gasteiger charge is -2.26. The van der Waals surface area contributed by atoms with Crippen LogP contribution in [0.3, 0.4) is 0 Å². The molecule has 1 aromatic carbocycles. The monoisotopic (exact) mass is 337 g/mol. The molecule has 0 radical (unpaired) electrons. The molecule has 25 heavy (non-hydrogen) atoms. The summed E-state index contributed by atoms with van der Waals surface area (Å²) in [5.41, 5.74) is 7.13. The highest BCUT2D eigenvalue weighted by Crippen LogP contribution is 2.36. The van der Waals surface area contributed by atoms with Gasteiger partial charge in [0.05, 0.1) is 11.7 Å². The highest BCUT2D eigenvalue weighted by Gasteiger charge is 2.34. The van der Waals surface area contributed by atoms with Gasteiger partial charge in [-0.05, 0) is 75.6 Å². The number of amides is 1. The van der Waals surface area contributed by atoms with Crippen molar-refractivity contribution in [2.45, 2.75) is 58.4 Å². The molecule has 4 rings (SSSR count). The topological polar surface area (TPSA) is 38.1 Å². The van der Waals surface area contributed by atoms with Crippen LogP contribution in [0.25, 0.3) is 0 Å². The molecule has 1 fully saturated rings. The molecule has 4 nitrogen and oxygen atoms in total. The van der Waals surface area contributed by atoms with Gasteiger partial charge >= 0.3 is 0 Å². The third-order valence-electron chi connectivity index (χ3n) is 6.01. The molecule has 0 saturated carbocycles. The minimum Gasteiger partial charge on any atom is -0.331 e. The van der Waals surface area contributed by atoms with E-state index in [1.165, 1.54) is 35.2 Å². The minimum absolute atomic E-state index is 0.164. The van der Waals surface area contributed by atoms with E-state index >= 15 is 0 Å². The lowest BCUT2D eigenvalue weighted by atomic mass is 9.90. The van der Waals surface area contributed by atoms with Crippen LogP contribution in [-0.4, -0.2) is 27.1 Å². The van der Waals surface area contributed by atoms with Gasteiger partial charge in [0.2, 0.25) is 0 Å². The molecule has 0 N–H and O–H groups in total. The minimum atomic E-state index is 0.164. The number of carbonyl (C=O) groups is 1. The lowest BCUT2D eigenvalue weighted by Crippen LogP contribution is -2.31. The zero-order valence-corrected chi connectivity index (χ0v) is 15.5. The highest BCUT2D eigenvalue weighted by atomic mass is 16.2. The summed E-state index contributed by atoms with van der Waals surface area (Å²) in [4.78, 5) is 15.3. The average molecular weight is 337 g/mol. The average Bonchev–Trinajstić information content (AvgIpc) is 3.18. The van der Waals surface area contributed by atoms with Crippen LogP contribution in [0.1, 0.15) is 70.2 Å². The first-order chi connectivity index (χ1) is 12.1. The van der Waals surface area contributed by atoms with E-state index in [9.17, 15) is 4.79 Å². The van der Waals surface area contributed by atoms with Crippen molar-refractivity contribution in [1.82, 2.24) is 14.7 Å². The normalized spacial score (nSPS) is 20.0. The Morgan fingerprint density at radius 3 is 2.60 bits per heavy atom. The van der Waals surface area contributed by atoms with Crippen molar-refractivity contribution in [3.63, 3.8) is 0 Å². The molecular weight excluding hydrogens is 310 g/mol. The Bertz CT molecular complexity index is 821. The van der Waals surface area contributed by atoms with Crippen LogP contribution < -0.4 is 0 Å². The number of aromatic nitrogens is 2. The summed E-state index contributed by atoms with van der Waals surface area (Å²) in [6.45, 7) is 5.01. The molecule has 132 valence electrons. The van der Waals surface area contributed by atoms with Gasteiger partial charge in [0, 0.05) is 30.4 Å². The summed E-state index contributed by atoms with van der Waals surface area (Å²) in [6, 6.07) is 6.52. The van der Waals surface area contributed by atoms with E-state index in [0.29, 0.717) is 0 Å². The first-order valence-corrected chi connectivity index (χ1v) is 9.49. The van der Waals surface area contributed by atoms with Gasteiger partial charge in [0.1, 0.15) is 0 Å². The Kier molecular flexibility index (Phi) is 4.14. The molecule has 1 amide bonds. The molecule has 1 aromatic heterocycles. The van der Waals surface area contributed by atoms with Crippen LogP contribution in [0.4, 0.5) is 0 Å². The van der Waals surface area contributed by atoms with Gasteiger partial charge in [-0.25, -0.2) is 0 Å². The Morgan fingerprint density at radius 1 is 1.12 bits per heavy atom. The van der Waals surface area contributed by atoms with Crippen LogP contribution in [0.5, 0.6) is 0 Å². The first-order valence-electron chi connectivity index (χ1n) is 9.49. The molecular formula is C21H27N3O. The van der Waals surface area contributed by atoms with Crippen molar-refractivity contribution < 1.29 is 4.79 Å². The maximum atomic E-state index is 13.2. The van der Waals surface area contributed by atoms with E-state index in [2.05, 4.69) is 36.0 Å². The Balaban J connectivity index is 1.65. The predicted octanol–water partition coefficient (Wildman–Crippen LogP) is 3.89. The van der Waals surface area contributed by atoms with Crippen molar-refractivity contribution in [1.29, 1.82) is 0 Å². The summed E-state index contributed by atoms with van der Waals surface area (Å²) in [5, 5.41) is 4.56. The van der Waals surface area contributed by atoms with E-state index in [1.807, 2.05) is 17.8 Å². The number of nitrogens with zero attached hydrogens (tertiary/aromatic N) is 3. The number of benzene rings is 1. The number of carbonyl (C=O) groups excluding carboxylic acids is 1. The summed E-state index contributed by atoms with van der Waals surface area (Å²) < 4.78 is 1.94. The molecule has 2 aromatic rings. The van der Waals surface area contributed by atoms with Crippen molar-refractivity contribution in [3.05, 3.63) is 51.8 Å². The molecule has 0 bridgehead atoms. The highest BCUT2D eigenvalue weighted by molar-refractivity contribution is 5.95. The molecule has 4 heteroatoms. The third-order valence-corrected chi connectivity index (χ3v) is 6.01. The number of fused-ring (bicyclic) bond motifs is 1. The van der Waals surface area contributed by atoms with Crippen LogP contribution >= 0.6 is 0 Å². The van der Waals surface area contributed by atoms with Gasteiger partial charge in [0.25, 0.3) is 5.91 Å². The number of likely N-dealkylation sites (tertiary alicyclic amines) is 1. The van der Waals surface area contributed by atoms with Crippen LogP contribution in [-0.2, 0) is 19.9 Å². The molecule has 2 aliphatic rings. The summed E-state index contributed by atoms with van der Waals surface area (Å²) in [6.07, 6.45) is 6.88. The van der Waals surface area contributed by atoms with Gasteiger partial charge in [-0.15, -0.1) is 0 Å². The number of aryl methyl sites for hydroxylation is 4. The lowest BCUT2D eigenvalue weighted by molar-refractivity contribution is 0.0735. The number of hydrogen-bond acceptors (Lipinski definition) is 2. The standard InChI is InChI=1S/C21H27N3O/c1-14-20(15(2)23(3)22-14)19-9-6-12-24(19)21(25)18-11-10-16-7-4-5-8-17(16)13-18/h10-11,13,19H,4-9,12H2,1-3H3. The molecule has 1 atom stereocenters. The van der Waals surface area contributed by atoms with E-state index in [1.54, 1.807) is 0 Å². The molecule has 1 aliphatic heterocycles. The zero-order valence-electron chi connectivity index (χ0n) is 15.5. The fourth-order valence-corrected chi connectivity index (χ4v) is 4.61. The number of rotatable bonds is 2. The molecule has 2 heterocycles. The fraction of sp³-hybridized carbons (Fsp3) is 0.524. The predicted molar refractivity (Wildman–Crippen MR) is 98.8 cm³/mol. The molecule has 1 saturated heterocycles. The van der Waals surface area contributed by atoms with E-state index < -0.39 is 0 Å². The first kappa shape index (κ1) is 16.4. The van der Waals surface area contributed by atoms with E-state index in [-0.39, 0.29) is 11.9 Å². The molecule has 0 spiro atoms. The summed E-state index contributed by atoms with van der Waals surface area (Å²) in [5.74, 6) is 0.179. The van der Waals surface area contributed by atoms with Gasteiger partial charge in [-0.2, -0.15) is 5.10 Å². The Labute approximate surface area is 149 Å². The van der Waals surface area contributed by atoms with E-state index in [0.717, 1.165) is 43.5 Å². The van der Waals surface area contributed by atoms with Crippen molar-refractivity contribution in [2.24, 2.45) is 7.05 Å². The second-order valence-electron chi connectivity index (χ2n) is 7.56. The third kappa shape index (κ3) is 2.78. The second kappa shape index (κ2) is 6.32. The van der Waals surface area contributed by atoms with Gasteiger partial charge in [0.15, 0.2) is 0 Å². The second-order valence-corrected chi connectivity index (χ2v) is 7.56. The Hall–Kier alpha value is -2.10. The SMILES string of the molecule is Cc1nn(C)c(C)c1C1CCCN1C(=O)c1ccc2c(c1)CCCC2. The summed E-state index contributed by atoms with van der Waals surface area (Å²) in [7, 11) is 1.98. The van der Waals surface area contributed by atoms with Crippen molar-refractivity contribution >= 4 is 5.91 Å². The van der Waals surface area contributed by atoms with Gasteiger partial charge in [-0.1, -0.05) is 6.07 Å².